The molecule has 11 heteroatoms. The number of hydrogen-bond donors (Lipinski definition) is 1. The first kappa shape index (κ1) is 35.5. The van der Waals surface area contributed by atoms with E-state index in [0.717, 1.165) is 25.5 Å². The number of sulfonamides is 1. The summed E-state index contributed by atoms with van der Waals surface area (Å²) >= 11 is 16.4. The highest BCUT2D eigenvalue weighted by molar-refractivity contribution is 9.10. The molecule has 0 bridgehead atoms. The zero-order valence-corrected chi connectivity index (χ0v) is 29.9. The van der Waals surface area contributed by atoms with Gasteiger partial charge in [0.25, 0.3) is 10.0 Å². The Labute approximate surface area is 289 Å². The second-order valence-electron chi connectivity index (χ2n) is 12.0. The highest BCUT2D eigenvalue weighted by Crippen LogP contribution is 2.36. The van der Waals surface area contributed by atoms with Crippen molar-refractivity contribution in [1.29, 1.82) is 0 Å². The molecular weight excluding hydrogens is 709 g/mol. The van der Waals surface area contributed by atoms with Crippen molar-refractivity contribution >= 4 is 66.7 Å². The van der Waals surface area contributed by atoms with Crippen molar-refractivity contribution in [3.8, 4) is 0 Å². The van der Waals surface area contributed by atoms with Crippen molar-refractivity contribution in [1.82, 2.24) is 10.2 Å². The van der Waals surface area contributed by atoms with Gasteiger partial charge in [0.05, 0.1) is 20.6 Å². The molecule has 7 nitrogen and oxygen atoms in total. The maximum Gasteiger partial charge on any atom is 0.264 e. The lowest BCUT2D eigenvalue weighted by molar-refractivity contribution is -0.140. The Hall–Kier alpha value is -3.37. The standard InChI is InChI=1S/C35H36BrCl2N3O4S/c1-24-16-18-28(19-17-24)46(44,45)41(30-15-9-14-29(37)33(30)38)23-32(42)40(22-26-12-8-13-27(36)20-26)31(34(43)39-35(2,3)4)21-25-10-6-5-7-11-25/h5-20,31H,21-23H2,1-4H3,(H,39,43)/t31-/m1/s1. The number of anilines is 1. The van der Waals surface area contributed by atoms with Crippen molar-refractivity contribution in [3.05, 3.63) is 128 Å². The molecule has 4 aromatic carbocycles. The predicted molar refractivity (Wildman–Crippen MR) is 189 cm³/mol. The lowest BCUT2D eigenvalue weighted by Crippen LogP contribution is -2.56. The van der Waals surface area contributed by atoms with E-state index in [1.165, 1.54) is 29.2 Å². The lowest BCUT2D eigenvalue weighted by Gasteiger charge is -2.35. The van der Waals surface area contributed by atoms with Crippen LogP contribution in [0.5, 0.6) is 0 Å². The number of benzene rings is 4. The molecule has 4 rings (SSSR count). The molecule has 0 aliphatic carbocycles. The van der Waals surface area contributed by atoms with E-state index in [1.54, 1.807) is 18.2 Å². The Bertz CT molecular complexity index is 1800. The normalized spacial score (nSPS) is 12.3. The number of carbonyl (C=O) groups is 2. The van der Waals surface area contributed by atoms with Gasteiger partial charge in [0, 0.05) is 23.0 Å². The van der Waals surface area contributed by atoms with Crippen LogP contribution in [0.4, 0.5) is 5.69 Å². The molecule has 0 aromatic heterocycles. The number of nitrogens with zero attached hydrogens (tertiary/aromatic N) is 2. The van der Waals surface area contributed by atoms with Gasteiger partial charge in [0.1, 0.15) is 12.6 Å². The predicted octanol–water partition coefficient (Wildman–Crippen LogP) is 7.81. The highest BCUT2D eigenvalue weighted by Gasteiger charge is 2.36. The van der Waals surface area contributed by atoms with Crippen LogP contribution in [0.15, 0.2) is 106 Å². The Morgan fingerprint density at radius 2 is 1.50 bits per heavy atom. The molecular formula is C35H36BrCl2N3O4S. The van der Waals surface area contributed by atoms with Gasteiger partial charge in [-0.05, 0) is 75.2 Å². The first-order valence-electron chi connectivity index (χ1n) is 14.6. The fourth-order valence-electron chi connectivity index (χ4n) is 4.87. The quantitative estimate of drug-likeness (QED) is 0.170. The number of carbonyl (C=O) groups excluding carboxylic acids is 2. The van der Waals surface area contributed by atoms with E-state index in [-0.39, 0.29) is 39.5 Å². The monoisotopic (exact) mass is 743 g/mol. The SMILES string of the molecule is Cc1ccc(S(=O)(=O)N(CC(=O)N(Cc2cccc(Br)c2)[C@H](Cc2ccccc2)C(=O)NC(C)(C)C)c2cccc(Cl)c2Cl)cc1. The van der Waals surface area contributed by atoms with Crippen LogP contribution >= 0.6 is 39.1 Å². The van der Waals surface area contributed by atoms with E-state index in [2.05, 4.69) is 21.2 Å². The van der Waals surface area contributed by atoms with Crippen LogP contribution in [-0.2, 0) is 32.6 Å². The van der Waals surface area contributed by atoms with Gasteiger partial charge in [-0.25, -0.2) is 8.42 Å². The summed E-state index contributed by atoms with van der Waals surface area (Å²) in [4.78, 5) is 30.0. The molecule has 0 saturated heterocycles. The van der Waals surface area contributed by atoms with Crippen molar-refractivity contribution in [3.63, 3.8) is 0 Å². The molecule has 0 heterocycles. The Morgan fingerprint density at radius 1 is 0.870 bits per heavy atom. The first-order chi connectivity index (χ1) is 21.7. The second-order valence-corrected chi connectivity index (χ2v) is 15.6. The van der Waals surface area contributed by atoms with Crippen LogP contribution in [0.3, 0.4) is 0 Å². The maximum absolute atomic E-state index is 14.6. The summed E-state index contributed by atoms with van der Waals surface area (Å²) in [6.07, 6.45) is 0.200. The van der Waals surface area contributed by atoms with Gasteiger partial charge in [0.2, 0.25) is 11.8 Å². The van der Waals surface area contributed by atoms with Crippen LogP contribution in [0.1, 0.15) is 37.5 Å². The number of hydrogen-bond acceptors (Lipinski definition) is 4. The van der Waals surface area contributed by atoms with E-state index >= 15 is 0 Å². The average Bonchev–Trinajstić information content (AvgIpc) is 2.99. The topological polar surface area (TPSA) is 86.8 Å². The Kier molecular flexibility index (Phi) is 11.6. The van der Waals surface area contributed by atoms with Crippen molar-refractivity contribution in [2.45, 2.75) is 57.1 Å². The molecule has 0 fully saturated rings. The minimum absolute atomic E-state index is 0.0162. The summed E-state index contributed by atoms with van der Waals surface area (Å²) in [5.74, 6) is -0.967. The summed E-state index contributed by atoms with van der Waals surface area (Å²) in [6, 6.07) is 26.7. The number of amides is 2. The number of halogens is 3. The van der Waals surface area contributed by atoms with Crippen LogP contribution in [-0.4, -0.2) is 43.3 Å². The fraction of sp³-hybridized carbons (Fsp3) is 0.257. The molecule has 2 amide bonds. The Morgan fingerprint density at radius 3 is 2.13 bits per heavy atom. The summed E-state index contributed by atoms with van der Waals surface area (Å²) < 4.78 is 30.2. The van der Waals surface area contributed by atoms with Gasteiger partial charge in [-0.2, -0.15) is 0 Å². The van der Waals surface area contributed by atoms with E-state index in [4.69, 9.17) is 23.2 Å². The molecule has 1 N–H and O–H groups in total. The third kappa shape index (κ3) is 9.12. The van der Waals surface area contributed by atoms with Crippen LogP contribution in [0.2, 0.25) is 10.0 Å². The van der Waals surface area contributed by atoms with Gasteiger partial charge >= 0.3 is 0 Å². The van der Waals surface area contributed by atoms with Gasteiger partial charge in [-0.15, -0.1) is 0 Å². The lowest BCUT2D eigenvalue weighted by atomic mass is 10.0. The van der Waals surface area contributed by atoms with Gasteiger partial charge in [0.15, 0.2) is 0 Å². The summed E-state index contributed by atoms with van der Waals surface area (Å²) in [5, 5.41) is 3.14. The zero-order valence-electron chi connectivity index (χ0n) is 26.0. The molecule has 1 atom stereocenters. The van der Waals surface area contributed by atoms with Gasteiger partial charge < -0.3 is 10.2 Å². The molecule has 0 spiro atoms. The minimum Gasteiger partial charge on any atom is -0.350 e. The first-order valence-corrected chi connectivity index (χ1v) is 17.6. The summed E-state index contributed by atoms with van der Waals surface area (Å²) in [5.41, 5.74) is 1.91. The largest absolute Gasteiger partial charge is 0.350 e. The van der Waals surface area contributed by atoms with E-state index in [9.17, 15) is 18.0 Å². The molecule has 0 aliphatic rings. The number of rotatable bonds is 11. The van der Waals surface area contributed by atoms with Crippen molar-refractivity contribution in [2.24, 2.45) is 0 Å². The van der Waals surface area contributed by atoms with Crippen LogP contribution in [0, 0.1) is 6.92 Å². The summed E-state index contributed by atoms with van der Waals surface area (Å²) in [7, 11) is -4.32. The van der Waals surface area contributed by atoms with Crippen molar-refractivity contribution < 1.29 is 18.0 Å². The van der Waals surface area contributed by atoms with E-state index < -0.39 is 34.1 Å². The second kappa shape index (κ2) is 15.0. The highest BCUT2D eigenvalue weighted by atomic mass is 79.9. The molecule has 0 unspecified atom stereocenters. The number of aryl methyl sites for hydroxylation is 1. The molecule has 242 valence electrons. The van der Waals surface area contributed by atoms with E-state index in [1.807, 2.05) is 82.3 Å². The third-order valence-corrected chi connectivity index (χ3v) is 10.2. The van der Waals surface area contributed by atoms with Crippen molar-refractivity contribution in [2.75, 3.05) is 10.8 Å². The van der Waals surface area contributed by atoms with Gasteiger partial charge in [-0.3, -0.25) is 13.9 Å². The fourth-order valence-corrected chi connectivity index (χ4v) is 7.20. The maximum atomic E-state index is 14.6. The third-order valence-electron chi connectivity index (χ3n) is 7.10. The van der Waals surface area contributed by atoms with Crippen LogP contribution < -0.4 is 9.62 Å². The zero-order chi connectivity index (χ0) is 33.6. The van der Waals surface area contributed by atoms with E-state index in [0.29, 0.717) is 0 Å². The minimum atomic E-state index is -4.32. The molecule has 0 radical (unpaired) electrons. The molecule has 0 saturated carbocycles. The molecule has 0 aliphatic heterocycles. The molecule has 46 heavy (non-hydrogen) atoms. The summed E-state index contributed by atoms with van der Waals surface area (Å²) in [6.45, 7) is 6.83. The van der Waals surface area contributed by atoms with Crippen LogP contribution in [0.25, 0.3) is 0 Å². The number of nitrogens with one attached hydrogen (secondary N) is 1. The smallest absolute Gasteiger partial charge is 0.264 e. The average molecular weight is 746 g/mol. The molecule has 4 aromatic rings. The van der Waals surface area contributed by atoms with Gasteiger partial charge in [-0.1, -0.05) is 105 Å². The Balaban J connectivity index is 1.85.